The fourth-order valence-corrected chi connectivity index (χ4v) is 3.12. The number of hydrogen-bond donors (Lipinski definition) is 2. The van der Waals surface area contributed by atoms with Gasteiger partial charge in [-0.15, -0.1) is 0 Å². The van der Waals surface area contributed by atoms with E-state index in [9.17, 15) is 9.90 Å². The summed E-state index contributed by atoms with van der Waals surface area (Å²) in [7, 11) is 0. The Labute approximate surface area is 134 Å². The molecule has 1 aliphatic heterocycles. The zero-order valence-electron chi connectivity index (χ0n) is 12.8. The van der Waals surface area contributed by atoms with Crippen LogP contribution in [0.3, 0.4) is 0 Å². The van der Waals surface area contributed by atoms with Crippen LogP contribution in [0.25, 0.3) is 0 Å². The summed E-state index contributed by atoms with van der Waals surface area (Å²) in [5, 5.41) is 18.3. The van der Waals surface area contributed by atoms with Crippen LogP contribution in [0.5, 0.6) is 5.75 Å². The first-order chi connectivity index (χ1) is 11.2. The van der Waals surface area contributed by atoms with Crippen molar-refractivity contribution in [3.05, 3.63) is 63.6 Å². The van der Waals surface area contributed by atoms with E-state index in [1.807, 2.05) is 18.2 Å². The maximum Gasteiger partial charge on any atom is 0.223 e. The monoisotopic (exact) mass is 309 g/mol. The average Bonchev–Trinajstić information content (AvgIpc) is 2.59. The van der Waals surface area contributed by atoms with Crippen LogP contribution in [0.4, 0.5) is 0 Å². The Bertz CT molecular complexity index is 783. The average molecular weight is 309 g/mol. The van der Waals surface area contributed by atoms with Gasteiger partial charge in [0.2, 0.25) is 5.43 Å². The van der Waals surface area contributed by atoms with Crippen LogP contribution >= 0.6 is 0 Å². The number of pyridine rings is 1. The third-order valence-electron chi connectivity index (χ3n) is 4.42. The fourth-order valence-electron chi connectivity index (χ4n) is 3.12. The van der Waals surface area contributed by atoms with Gasteiger partial charge in [-0.05, 0) is 49.5 Å². The third kappa shape index (κ3) is 3.61. The summed E-state index contributed by atoms with van der Waals surface area (Å²) in [6.45, 7) is 2.58. The second kappa shape index (κ2) is 6.67. The standard InChI is InChI=1S/C18H19N3O2/c19-10-13-2-1-3-15(8-13)14-4-6-21(7-5-14)12-16-9-17(22)18(23)11-20-16/h1-3,8-9,11,14,23H,4-7,12H2,(H,20,22). The first-order valence-electron chi connectivity index (χ1n) is 7.78. The lowest BCUT2D eigenvalue weighted by atomic mass is 9.88. The quantitative estimate of drug-likeness (QED) is 0.912. The van der Waals surface area contributed by atoms with E-state index in [2.05, 4.69) is 22.0 Å². The number of nitrogens with zero attached hydrogens (tertiary/aromatic N) is 2. The van der Waals surface area contributed by atoms with E-state index in [0.29, 0.717) is 18.0 Å². The topological polar surface area (TPSA) is 80.1 Å². The Morgan fingerprint density at radius 1 is 1.30 bits per heavy atom. The molecule has 2 aromatic rings. The molecule has 118 valence electrons. The first kappa shape index (κ1) is 15.3. The summed E-state index contributed by atoms with van der Waals surface area (Å²) in [4.78, 5) is 16.7. The van der Waals surface area contributed by atoms with Crippen molar-refractivity contribution < 1.29 is 5.11 Å². The van der Waals surface area contributed by atoms with Gasteiger partial charge in [0, 0.05) is 24.5 Å². The van der Waals surface area contributed by atoms with Gasteiger partial charge < -0.3 is 10.1 Å². The number of nitriles is 1. The summed E-state index contributed by atoms with van der Waals surface area (Å²) in [6.07, 6.45) is 3.42. The molecule has 0 atom stereocenters. The van der Waals surface area contributed by atoms with Gasteiger partial charge in [-0.3, -0.25) is 9.69 Å². The van der Waals surface area contributed by atoms with Gasteiger partial charge in [-0.2, -0.15) is 5.26 Å². The van der Waals surface area contributed by atoms with Crippen molar-refractivity contribution >= 4 is 0 Å². The summed E-state index contributed by atoms with van der Waals surface area (Å²) >= 11 is 0. The molecule has 0 unspecified atom stereocenters. The van der Waals surface area contributed by atoms with Crippen LogP contribution in [-0.2, 0) is 6.54 Å². The van der Waals surface area contributed by atoms with Crippen molar-refractivity contribution in [1.29, 1.82) is 5.26 Å². The first-order valence-corrected chi connectivity index (χ1v) is 7.78. The van der Waals surface area contributed by atoms with Crippen molar-refractivity contribution in [2.45, 2.75) is 25.3 Å². The minimum atomic E-state index is -0.345. The molecule has 2 N–H and O–H groups in total. The lowest BCUT2D eigenvalue weighted by molar-refractivity contribution is 0.202. The van der Waals surface area contributed by atoms with Crippen molar-refractivity contribution in [1.82, 2.24) is 9.88 Å². The molecule has 23 heavy (non-hydrogen) atoms. The van der Waals surface area contributed by atoms with Gasteiger partial charge in [0.15, 0.2) is 5.75 Å². The number of aromatic nitrogens is 1. The van der Waals surface area contributed by atoms with Crippen LogP contribution in [0.2, 0.25) is 0 Å². The smallest absolute Gasteiger partial charge is 0.223 e. The Morgan fingerprint density at radius 2 is 2.09 bits per heavy atom. The maximum absolute atomic E-state index is 11.5. The summed E-state index contributed by atoms with van der Waals surface area (Å²) in [5.41, 5.74) is 2.42. The van der Waals surface area contributed by atoms with Crippen LogP contribution in [0, 0.1) is 11.3 Å². The molecule has 0 spiro atoms. The molecule has 0 radical (unpaired) electrons. The molecular formula is C18H19N3O2. The highest BCUT2D eigenvalue weighted by Gasteiger charge is 2.21. The second-order valence-corrected chi connectivity index (χ2v) is 6.00. The zero-order valence-corrected chi connectivity index (χ0v) is 12.8. The number of aromatic hydroxyl groups is 1. The normalized spacial score (nSPS) is 16.1. The van der Waals surface area contributed by atoms with E-state index in [1.54, 1.807) is 0 Å². The number of piperidine rings is 1. The molecule has 1 aliphatic rings. The second-order valence-electron chi connectivity index (χ2n) is 6.00. The minimum Gasteiger partial charge on any atom is -0.503 e. The van der Waals surface area contributed by atoms with E-state index in [4.69, 9.17) is 5.26 Å². The van der Waals surface area contributed by atoms with Crippen molar-refractivity contribution in [2.24, 2.45) is 0 Å². The maximum atomic E-state index is 11.5. The van der Waals surface area contributed by atoms with Gasteiger partial charge in [-0.25, -0.2) is 0 Å². The summed E-state index contributed by atoms with van der Waals surface area (Å²) in [6, 6.07) is 11.5. The number of rotatable bonds is 3. The van der Waals surface area contributed by atoms with Gasteiger partial charge in [0.1, 0.15) is 0 Å². The molecule has 3 rings (SSSR count). The molecule has 5 heteroatoms. The van der Waals surface area contributed by atoms with E-state index < -0.39 is 0 Å². The van der Waals surface area contributed by atoms with Crippen molar-refractivity contribution in [3.8, 4) is 11.8 Å². The SMILES string of the molecule is N#Cc1cccc(C2CCN(Cc3cc(=O)c(O)c[nH]3)CC2)c1. The van der Waals surface area contributed by atoms with Crippen molar-refractivity contribution in [3.63, 3.8) is 0 Å². The van der Waals surface area contributed by atoms with Gasteiger partial charge in [0.25, 0.3) is 0 Å². The van der Waals surface area contributed by atoms with Gasteiger partial charge in [-0.1, -0.05) is 12.1 Å². The number of H-pyrrole nitrogens is 1. The molecule has 1 aromatic heterocycles. The molecule has 1 saturated heterocycles. The summed E-state index contributed by atoms with van der Waals surface area (Å²) < 4.78 is 0. The molecule has 5 nitrogen and oxygen atoms in total. The highest BCUT2D eigenvalue weighted by atomic mass is 16.3. The number of benzene rings is 1. The Balaban J connectivity index is 1.61. The highest BCUT2D eigenvalue weighted by Crippen LogP contribution is 2.28. The highest BCUT2D eigenvalue weighted by molar-refractivity contribution is 5.34. The molecule has 0 saturated carbocycles. The van der Waals surface area contributed by atoms with Crippen LogP contribution in [0.1, 0.15) is 35.6 Å². The van der Waals surface area contributed by atoms with E-state index in [0.717, 1.165) is 31.6 Å². The Hall–Kier alpha value is -2.58. The Kier molecular flexibility index (Phi) is 4.45. The Morgan fingerprint density at radius 3 is 2.78 bits per heavy atom. The minimum absolute atomic E-state index is 0.246. The van der Waals surface area contributed by atoms with Crippen LogP contribution in [-0.4, -0.2) is 28.1 Å². The third-order valence-corrected chi connectivity index (χ3v) is 4.42. The molecular weight excluding hydrogens is 290 g/mol. The van der Waals surface area contributed by atoms with Gasteiger partial charge >= 0.3 is 0 Å². The lowest BCUT2D eigenvalue weighted by Gasteiger charge is -2.32. The number of nitrogens with one attached hydrogen (secondary N) is 1. The van der Waals surface area contributed by atoms with Gasteiger partial charge in [0.05, 0.1) is 11.6 Å². The van der Waals surface area contributed by atoms with E-state index in [-0.39, 0.29) is 11.2 Å². The zero-order chi connectivity index (χ0) is 16.2. The summed E-state index contributed by atoms with van der Waals surface area (Å²) in [5.74, 6) is 0.239. The lowest BCUT2D eigenvalue weighted by Crippen LogP contribution is -2.33. The fraction of sp³-hybridized carbons (Fsp3) is 0.333. The molecule has 1 aromatic carbocycles. The molecule has 1 fully saturated rings. The number of likely N-dealkylation sites (tertiary alicyclic amines) is 1. The molecule has 2 heterocycles. The predicted molar refractivity (Wildman–Crippen MR) is 87.1 cm³/mol. The van der Waals surface area contributed by atoms with Crippen LogP contribution < -0.4 is 5.43 Å². The van der Waals surface area contributed by atoms with E-state index in [1.165, 1.54) is 17.8 Å². The number of aromatic amines is 1. The number of hydrogen-bond acceptors (Lipinski definition) is 4. The largest absolute Gasteiger partial charge is 0.503 e. The molecule has 0 bridgehead atoms. The predicted octanol–water partition coefficient (Wildman–Crippen LogP) is 2.33. The molecule has 0 aliphatic carbocycles. The van der Waals surface area contributed by atoms with E-state index >= 15 is 0 Å². The molecule has 0 amide bonds. The van der Waals surface area contributed by atoms with Crippen molar-refractivity contribution in [2.75, 3.05) is 13.1 Å². The van der Waals surface area contributed by atoms with Crippen LogP contribution in [0.15, 0.2) is 41.3 Å².